The van der Waals surface area contributed by atoms with Gasteiger partial charge in [0.15, 0.2) is 0 Å². The van der Waals surface area contributed by atoms with Crippen molar-refractivity contribution in [3.8, 4) is 17.4 Å². The normalized spacial score (nSPS) is 24.8. The van der Waals surface area contributed by atoms with E-state index in [9.17, 15) is 32.4 Å². The van der Waals surface area contributed by atoms with E-state index in [1.807, 2.05) is 39.0 Å². The van der Waals surface area contributed by atoms with Gasteiger partial charge in [-0.2, -0.15) is 5.10 Å². The molecule has 0 unspecified atom stereocenters. The number of carbonyl (C=O) groups excluding carboxylic acids is 5. The van der Waals surface area contributed by atoms with Gasteiger partial charge >= 0.3 is 0 Å². The SMILES string of the molecule is CNC(=O)Cn1ccc(C(=O)N[C@H]2CCCCCC=C[C@@H]3C[C@@]3(C(=O)NS(=O)(=O)C3(C)CC3)NC(=O)[C@@H]3C[C@@H](Oc4cc(OC(C)C)nc5c(C)c(OC)ccc45)CN3C2=O)n1. The number of hydrogen-bond acceptors (Lipinski definition) is 12. The third-order valence-corrected chi connectivity index (χ3v) is 14.4. The van der Waals surface area contributed by atoms with E-state index in [1.165, 1.54) is 28.9 Å². The van der Waals surface area contributed by atoms with E-state index in [0.717, 1.165) is 12.0 Å². The molecule has 0 bridgehead atoms. The molecule has 3 aromatic rings. The van der Waals surface area contributed by atoms with Crippen LogP contribution in [0.15, 0.2) is 42.6 Å². The lowest BCUT2D eigenvalue weighted by Gasteiger charge is -2.30. The van der Waals surface area contributed by atoms with Crippen LogP contribution < -0.4 is 34.9 Å². The summed E-state index contributed by atoms with van der Waals surface area (Å²) in [5.41, 5.74) is -0.236. The van der Waals surface area contributed by atoms with Crippen LogP contribution in [0.4, 0.5) is 0 Å². The number of benzene rings is 1. The van der Waals surface area contributed by atoms with Crippen LogP contribution >= 0.6 is 0 Å². The van der Waals surface area contributed by atoms with Crippen molar-refractivity contribution in [1.29, 1.82) is 0 Å². The van der Waals surface area contributed by atoms with E-state index in [0.29, 0.717) is 60.4 Å². The maximum atomic E-state index is 14.9. The summed E-state index contributed by atoms with van der Waals surface area (Å²) < 4.78 is 47.3. The number of likely N-dealkylation sites (N-methyl/N-ethyl adjacent to an activating group) is 1. The van der Waals surface area contributed by atoms with Gasteiger partial charge in [-0.05, 0) is 84.4 Å². The van der Waals surface area contributed by atoms with E-state index >= 15 is 0 Å². The Hall–Kier alpha value is -5.72. The van der Waals surface area contributed by atoms with E-state index in [-0.39, 0.29) is 50.1 Å². The van der Waals surface area contributed by atoms with E-state index in [4.69, 9.17) is 19.2 Å². The number of nitrogens with zero attached hydrogens (tertiary/aromatic N) is 4. The second-order valence-corrected chi connectivity index (χ2v) is 19.4. The highest BCUT2D eigenvalue weighted by molar-refractivity contribution is 7.91. The van der Waals surface area contributed by atoms with Gasteiger partial charge in [0.05, 0.1) is 30.0 Å². The Morgan fingerprint density at radius 3 is 2.56 bits per heavy atom. The number of ether oxygens (including phenoxy) is 3. The smallest absolute Gasteiger partial charge is 0.272 e. The molecule has 4 N–H and O–H groups in total. The van der Waals surface area contributed by atoms with Crippen molar-refractivity contribution in [2.24, 2.45) is 5.92 Å². The van der Waals surface area contributed by atoms with Crippen LogP contribution in [-0.2, 0) is 35.7 Å². The number of sulfonamides is 1. The minimum Gasteiger partial charge on any atom is -0.496 e. The third-order valence-electron chi connectivity index (χ3n) is 12.2. The lowest BCUT2D eigenvalue weighted by Crippen LogP contribution is -2.58. The number of aryl methyl sites for hydroxylation is 1. The first-order valence-electron chi connectivity index (χ1n) is 21.2. The summed E-state index contributed by atoms with van der Waals surface area (Å²) >= 11 is 0. The number of pyridine rings is 1. The summed E-state index contributed by atoms with van der Waals surface area (Å²) in [5.74, 6) is -2.14. The number of rotatable bonds is 12. The standard InChI is InChI=1S/C43H56N8O10S/c1-25(2)60-36-21-34(29-14-15-33(59-6)26(3)37(29)46-36)61-28-20-32-39(54)47-43(41(56)49-62(57,58)42(4)17-18-42)22-27(43)12-10-8-7-9-11-13-31(40(55)51(32)23-28)45-38(53)30-16-19-50(48-30)24-35(52)44-5/h10,12,14-16,19,21,25,27-28,31-32H,7-9,11,13,17-18,20,22-24H2,1-6H3,(H,44,52)(H,45,53)(H,47,54)(H,49,56)/t27-,28-,31+,32+,43-/m1/s1. The van der Waals surface area contributed by atoms with Crippen molar-refractivity contribution >= 4 is 50.5 Å². The maximum Gasteiger partial charge on any atom is 0.272 e. The minimum atomic E-state index is -4.03. The zero-order chi connectivity index (χ0) is 44.6. The Balaban J connectivity index is 1.22. The van der Waals surface area contributed by atoms with Gasteiger partial charge in [0.2, 0.25) is 33.6 Å². The van der Waals surface area contributed by atoms with Crippen LogP contribution in [0.5, 0.6) is 17.4 Å². The Bertz CT molecular complexity index is 2400. The maximum absolute atomic E-state index is 14.9. The lowest BCUT2D eigenvalue weighted by atomic mass is 10.0. The van der Waals surface area contributed by atoms with Crippen LogP contribution in [0.25, 0.3) is 10.9 Å². The van der Waals surface area contributed by atoms with Crippen molar-refractivity contribution < 1.29 is 46.6 Å². The number of hydrogen-bond donors (Lipinski definition) is 4. The first-order valence-corrected chi connectivity index (χ1v) is 22.7. The van der Waals surface area contributed by atoms with E-state index in [2.05, 4.69) is 25.8 Å². The molecular weight excluding hydrogens is 821 g/mol. The summed E-state index contributed by atoms with van der Waals surface area (Å²) in [5, 5.41) is 13.1. The van der Waals surface area contributed by atoms with Crippen molar-refractivity contribution in [2.75, 3.05) is 20.7 Å². The number of carbonyl (C=O) groups is 5. The molecule has 19 heteroatoms. The molecule has 4 aliphatic rings. The predicted octanol–water partition coefficient (Wildman–Crippen LogP) is 2.82. The molecule has 2 aliphatic carbocycles. The number of aromatic nitrogens is 3. The van der Waals surface area contributed by atoms with Crippen LogP contribution in [0.3, 0.4) is 0 Å². The molecule has 2 aromatic heterocycles. The van der Waals surface area contributed by atoms with Crippen LogP contribution in [-0.4, -0.2) is 113 Å². The zero-order valence-electron chi connectivity index (χ0n) is 36.0. The topological polar surface area (TPSA) is 229 Å². The number of nitrogens with one attached hydrogen (secondary N) is 4. The number of fused-ring (bicyclic) bond motifs is 3. The predicted molar refractivity (Wildman–Crippen MR) is 227 cm³/mol. The van der Waals surface area contributed by atoms with Crippen molar-refractivity contribution in [2.45, 2.75) is 127 Å². The van der Waals surface area contributed by atoms with Crippen LogP contribution in [0.2, 0.25) is 0 Å². The molecule has 0 radical (unpaired) electrons. The fourth-order valence-electron chi connectivity index (χ4n) is 8.13. The molecule has 1 saturated heterocycles. The number of allylic oxidation sites excluding steroid dienone is 1. The van der Waals surface area contributed by atoms with E-state index in [1.54, 1.807) is 26.2 Å². The molecule has 4 heterocycles. The van der Waals surface area contributed by atoms with Gasteiger partial charge in [-0.1, -0.05) is 25.0 Å². The summed E-state index contributed by atoms with van der Waals surface area (Å²) in [4.78, 5) is 75.3. The summed E-state index contributed by atoms with van der Waals surface area (Å²) in [6.07, 6.45) is 8.22. The molecule has 5 atom stereocenters. The quantitative estimate of drug-likeness (QED) is 0.193. The van der Waals surface area contributed by atoms with Gasteiger partial charge in [-0.25, -0.2) is 13.4 Å². The second-order valence-electron chi connectivity index (χ2n) is 17.2. The summed E-state index contributed by atoms with van der Waals surface area (Å²) in [7, 11) is -0.975. The largest absolute Gasteiger partial charge is 0.496 e. The highest BCUT2D eigenvalue weighted by atomic mass is 32.2. The highest BCUT2D eigenvalue weighted by Gasteiger charge is 2.63. The highest BCUT2D eigenvalue weighted by Crippen LogP contribution is 2.47. The average molecular weight is 877 g/mol. The zero-order valence-corrected chi connectivity index (χ0v) is 36.8. The van der Waals surface area contributed by atoms with Gasteiger partial charge in [-0.3, -0.25) is 33.4 Å². The minimum absolute atomic E-state index is 0.00157. The second kappa shape index (κ2) is 17.6. The molecular formula is C43H56N8O10S. The summed E-state index contributed by atoms with van der Waals surface area (Å²) in [6, 6.07) is 4.47. The molecule has 2 saturated carbocycles. The first kappa shape index (κ1) is 44.3. The molecule has 7 rings (SSSR count). The average Bonchev–Trinajstić information content (AvgIpc) is 4.01. The molecule has 5 amide bonds. The molecule has 0 spiro atoms. The molecule has 334 valence electrons. The fourth-order valence-corrected chi connectivity index (χ4v) is 9.44. The molecule has 1 aromatic carbocycles. The van der Waals surface area contributed by atoms with Gasteiger partial charge in [0.1, 0.15) is 47.5 Å². The van der Waals surface area contributed by atoms with Gasteiger partial charge in [-0.15, -0.1) is 0 Å². The van der Waals surface area contributed by atoms with Crippen molar-refractivity contribution in [3.63, 3.8) is 0 Å². The van der Waals surface area contributed by atoms with E-state index < -0.39 is 68.0 Å². The first-order chi connectivity index (χ1) is 29.5. The van der Waals surface area contributed by atoms with Gasteiger partial charge in [0.25, 0.3) is 11.8 Å². The van der Waals surface area contributed by atoms with Crippen LogP contribution in [0.1, 0.15) is 94.6 Å². The third kappa shape index (κ3) is 9.22. The molecule has 62 heavy (non-hydrogen) atoms. The van der Waals surface area contributed by atoms with Crippen molar-refractivity contribution in [3.05, 3.63) is 53.9 Å². The summed E-state index contributed by atoms with van der Waals surface area (Å²) in [6.45, 7) is 7.02. The fraction of sp³-hybridized carbons (Fsp3) is 0.558. The number of amides is 5. The Morgan fingerprint density at radius 1 is 1.08 bits per heavy atom. The molecule has 3 fully saturated rings. The van der Waals surface area contributed by atoms with Crippen molar-refractivity contribution in [1.82, 2.24) is 40.3 Å². The lowest BCUT2D eigenvalue weighted by molar-refractivity contribution is -0.141. The van der Waals surface area contributed by atoms with Gasteiger partial charge < -0.3 is 35.1 Å². The molecule has 18 nitrogen and oxygen atoms in total. The Kier molecular flexibility index (Phi) is 12.6. The van der Waals surface area contributed by atoms with Crippen LogP contribution in [0, 0.1) is 12.8 Å². The monoisotopic (exact) mass is 876 g/mol. The Morgan fingerprint density at radius 2 is 1.85 bits per heavy atom. The van der Waals surface area contributed by atoms with Gasteiger partial charge in [0, 0.05) is 42.6 Å². The Labute approximate surface area is 360 Å². The molecule has 2 aliphatic heterocycles. The number of methoxy groups -OCH3 is 1.